The molecule has 5 rings (SSSR count). The van der Waals surface area contributed by atoms with E-state index in [1.165, 1.54) is 4.90 Å². The highest BCUT2D eigenvalue weighted by Gasteiger charge is 2.50. The molecule has 0 spiro atoms. The molecule has 0 unspecified atom stereocenters. The van der Waals surface area contributed by atoms with Crippen molar-refractivity contribution in [3.8, 4) is 5.75 Å². The van der Waals surface area contributed by atoms with Gasteiger partial charge in [-0.05, 0) is 68.5 Å². The minimum absolute atomic E-state index is 0.1000. The van der Waals surface area contributed by atoms with Gasteiger partial charge in [-0.25, -0.2) is 0 Å². The van der Waals surface area contributed by atoms with E-state index in [9.17, 15) is 19.2 Å². The average molecular weight is 461 g/mol. The van der Waals surface area contributed by atoms with Crippen molar-refractivity contribution >= 4 is 35.1 Å². The van der Waals surface area contributed by atoms with Crippen molar-refractivity contribution in [2.24, 2.45) is 23.7 Å². The van der Waals surface area contributed by atoms with Crippen LogP contribution in [0, 0.1) is 30.6 Å². The maximum Gasteiger partial charge on any atom is 0.316 e. The number of anilines is 2. The molecular formula is C27H28N2O5. The van der Waals surface area contributed by atoms with E-state index in [0.29, 0.717) is 17.4 Å². The van der Waals surface area contributed by atoms with Crippen LogP contribution in [0.3, 0.4) is 0 Å². The van der Waals surface area contributed by atoms with Gasteiger partial charge in [0.15, 0.2) is 0 Å². The summed E-state index contributed by atoms with van der Waals surface area (Å²) < 4.78 is 5.52. The Morgan fingerprint density at radius 2 is 1.53 bits per heavy atom. The Bertz CT molecular complexity index is 1140. The highest BCUT2D eigenvalue weighted by molar-refractivity contribution is 6.22. The number of amides is 3. The summed E-state index contributed by atoms with van der Waals surface area (Å²) in [5.74, 6) is -1.08. The lowest BCUT2D eigenvalue weighted by atomic mass is 9.76. The van der Waals surface area contributed by atoms with E-state index in [2.05, 4.69) is 6.92 Å². The third-order valence-corrected chi connectivity index (χ3v) is 7.31. The molecule has 3 aliphatic rings. The Balaban J connectivity index is 1.24. The van der Waals surface area contributed by atoms with Gasteiger partial charge in [0.2, 0.25) is 17.7 Å². The van der Waals surface area contributed by atoms with Gasteiger partial charge in [-0.3, -0.25) is 24.1 Å². The van der Waals surface area contributed by atoms with Crippen LogP contribution in [0.25, 0.3) is 0 Å². The Morgan fingerprint density at radius 1 is 0.882 bits per heavy atom. The molecule has 176 valence electrons. The summed E-state index contributed by atoms with van der Waals surface area (Å²) >= 11 is 0. The summed E-state index contributed by atoms with van der Waals surface area (Å²) in [6.45, 7) is 4.37. The number of aryl methyl sites for hydroxylation is 1. The summed E-state index contributed by atoms with van der Waals surface area (Å²) in [5, 5.41) is 0. The fourth-order valence-electron chi connectivity index (χ4n) is 5.35. The number of carbonyl (C=O) groups excluding carboxylic acids is 4. The fourth-order valence-corrected chi connectivity index (χ4v) is 5.35. The molecule has 0 N–H and O–H groups in total. The molecule has 2 aliphatic heterocycles. The number of esters is 1. The smallest absolute Gasteiger partial charge is 0.316 e. The predicted octanol–water partition coefficient (Wildman–Crippen LogP) is 3.88. The molecule has 0 radical (unpaired) electrons. The molecule has 7 heteroatoms. The van der Waals surface area contributed by atoms with Crippen molar-refractivity contribution in [1.29, 1.82) is 0 Å². The Labute approximate surface area is 198 Å². The van der Waals surface area contributed by atoms with Gasteiger partial charge in [-0.15, -0.1) is 0 Å². The van der Waals surface area contributed by atoms with Crippen LogP contribution in [0.5, 0.6) is 5.75 Å². The van der Waals surface area contributed by atoms with E-state index in [-0.39, 0.29) is 42.5 Å². The van der Waals surface area contributed by atoms with Gasteiger partial charge in [0.25, 0.3) is 0 Å². The second kappa shape index (κ2) is 8.70. The van der Waals surface area contributed by atoms with E-state index in [1.54, 1.807) is 29.2 Å². The first kappa shape index (κ1) is 22.3. The van der Waals surface area contributed by atoms with E-state index in [1.807, 2.05) is 31.2 Å². The Kier molecular flexibility index (Phi) is 5.71. The van der Waals surface area contributed by atoms with Gasteiger partial charge in [0.1, 0.15) is 5.75 Å². The molecule has 0 aromatic heterocycles. The minimum Gasteiger partial charge on any atom is -0.426 e. The third kappa shape index (κ3) is 4.00. The predicted molar refractivity (Wildman–Crippen MR) is 126 cm³/mol. The summed E-state index contributed by atoms with van der Waals surface area (Å²) in [5.41, 5.74) is 2.36. The molecule has 4 atom stereocenters. The minimum atomic E-state index is -0.555. The average Bonchev–Trinajstić information content (AvgIpc) is 3.32. The first-order chi connectivity index (χ1) is 16.3. The van der Waals surface area contributed by atoms with E-state index >= 15 is 0 Å². The quantitative estimate of drug-likeness (QED) is 0.393. The highest BCUT2D eigenvalue weighted by atomic mass is 16.5. The number of benzene rings is 2. The van der Waals surface area contributed by atoms with Crippen molar-refractivity contribution in [3.05, 3.63) is 54.1 Å². The van der Waals surface area contributed by atoms with Crippen LogP contribution in [0.15, 0.2) is 48.5 Å². The zero-order valence-corrected chi connectivity index (χ0v) is 19.4. The van der Waals surface area contributed by atoms with Crippen molar-refractivity contribution < 1.29 is 23.9 Å². The van der Waals surface area contributed by atoms with Gasteiger partial charge >= 0.3 is 5.97 Å². The molecule has 0 bridgehead atoms. The van der Waals surface area contributed by atoms with Gasteiger partial charge in [-0.2, -0.15) is 0 Å². The molecule has 2 heterocycles. The van der Waals surface area contributed by atoms with Crippen LogP contribution in [-0.2, 0) is 19.2 Å². The molecule has 1 saturated carbocycles. The number of hydrogen-bond acceptors (Lipinski definition) is 5. The highest BCUT2D eigenvalue weighted by Crippen LogP contribution is 2.42. The molecule has 7 nitrogen and oxygen atoms in total. The molecular weight excluding hydrogens is 432 g/mol. The SMILES string of the molecule is Cc1ccc(N2C[C@H](C(=O)Oc3ccc(N4C(=O)[C@@H]5CC[C@@H](C)C[C@H]5C4=O)cc3)CC2=O)cc1. The van der Waals surface area contributed by atoms with Crippen LogP contribution in [0.4, 0.5) is 11.4 Å². The monoisotopic (exact) mass is 460 g/mol. The molecule has 2 aromatic rings. The van der Waals surface area contributed by atoms with Gasteiger partial charge < -0.3 is 9.64 Å². The standard InChI is InChI=1S/C27H28N2O5/c1-16-3-6-19(7-4-16)28-15-18(14-24(28)30)27(33)34-21-10-8-20(9-11-21)29-25(31)22-12-5-17(2)13-23(22)26(29)32/h3-4,6-11,17-18,22-23H,5,12-15H2,1-2H3/t17-,18-,22-,23-/m1/s1. The van der Waals surface area contributed by atoms with Crippen molar-refractivity contribution in [2.75, 3.05) is 16.3 Å². The third-order valence-electron chi connectivity index (χ3n) is 7.31. The maximum atomic E-state index is 12.9. The number of carbonyl (C=O) groups is 4. The van der Waals surface area contributed by atoms with Crippen LogP contribution in [-0.4, -0.2) is 30.2 Å². The van der Waals surface area contributed by atoms with Crippen molar-refractivity contribution in [3.63, 3.8) is 0 Å². The summed E-state index contributed by atoms with van der Waals surface area (Å²) in [7, 11) is 0. The zero-order chi connectivity index (χ0) is 24.0. The number of ether oxygens (including phenoxy) is 1. The molecule has 1 aliphatic carbocycles. The van der Waals surface area contributed by atoms with E-state index in [4.69, 9.17) is 4.74 Å². The lowest BCUT2D eigenvalue weighted by molar-refractivity contribution is -0.139. The molecule has 3 amide bonds. The number of nitrogens with zero attached hydrogens (tertiary/aromatic N) is 2. The largest absolute Gasteiger partial charge is 0.426 e. The topological polar surface area (TPSA) is 84.0 Å². The summed E-state index contributed by atoms with van der Waals surface area (Å²) in [6, 6.07) is 14.1. The van der Waals surface area contributed by atoms with Crippen LogP contribution in [0.1, 0.15) is 38.2 Å². The second-order valence-electron chi connectivity index (χ2n) is 9.80. The van der Waals surface area contributed by atoms with Gasteiger partial charge in [0.05, 0.1) is 23.4 Å². The van der Waals surface area contributed by atoms with Gasteiger partial charge in [0, 0.05) is 18.7 Å². The fraction of sp³-hybridized carbons (Fsp3) is 0.407. The number of imide groups is 1. The summed E-state index contributed by atoms with van der Waals surface area (Å²) in [6.07, 6.45) is 2.57. The molecule has 3 fully saturated rings. The molecule has 2 saturated heterocycles. The summed E-state index contributed by atoms with van der Waals surface area (Å²) in [4.78, 5) is 53.9. The number of hydrogen-bond donors (Lipinski definition) is 0. The molecule has 2 aromatic carbocycles. The molecule has 34 heavy (non-hydrogen) atoms. The number of rotatable bonds is 4. The van der Waals surface area contributed by atoms with Crippen LogP contribution >= 0.6 is 0 Å². The van der Waals surface area contributed by atoms with Gasteiger partial charge in [-0.1, -0.05) is 24.6 Å². The normalized spacial score (nSPS) is 26.7. The van der Waals surface area contributed by atoms with E-state index in [0.717, 1.165) is 30.5 Å². The Morgan fingerprint density at radius 3 is 2.24 bits per heavy atom. The zero-order valence-electron chi connectivity index (χ0n) is 19.4. The first-order valence-corrected chi connectivity index (χ1v) is 11.9. The van der Waals surface area contributed by atoms with E-state index < -0.39 is 11.9 Å². The second-order valence-corrected chi connectivity index (χ2v) is 9.80. The lowest BCUT2D eigenvalue weighted by Gasteiger charge is -2.25. The van der Waals surface area contributed by atoms with Crippen molar-refractivity contribution in [1.82, 2.24) is 0 Å². The first-order valence-electron chi connectivity index (χ1n) is 11.9. The van der Waals surface area contributed by atoms with Crippen LogP contribution in [0.2, 0.25) is 0 Å². The number of fused-ring (bicyclic) bond motifs is 1. The Hall–Kier alpha value is -3.48. The van der Waals surface area contributed by atoms with Crippen LogP contribution < -0.4 is 14.5 Å². The maximum absolute atomic E-state index is 12.9. The van der Waals surface area contributed by atoms with Crippen molar-refractivity contribution in [2.45, 2.75) is 39.5 Å². The lowest BCUT2D eigenvalue weighted by Crippen LogP contribution is -2.30.